The molecule has 0 saturated heterocycles. The maximum Gasteiger partial charge on any atom is 0.260 e. The standard InChI is InChI=1S/C16H19N3O/c1-3-19(13-7-5-4-6-8-13)16(20)14-10-9-12(2)11-15(14)18-17/h4-11,18H,3,17H2,1-2H3. The van der Waals surface area contributed by atoms with Crippen molar-refractivity contribution in [2.75, 3.05) is 16.9 Å². The first kappa shape index (κ1) is 14.1. The summed E-state index contributed by atoms with van der Waals surface area (Å²) in [4.78, 5) is 14.4. The Morgan fingerprint density at radius 3 is 2.50 bits per heavy atom. The van der Waals surface area contributed by atoms with Crippen LogP contribution in [0.2, 0.25) is 0 Å². The van der Waals surface area contributed by atoms with Gasteiger partial charge in [-0.15, -0.1) is 0 Å². The van der Waals surface area contributed by atoms with Crippen molar-refractivity contribution in [3.8, 4) is 0 Å². The highest BCUT2D eigenvalue weighted by Crippen LogP contribution is 2.22. The van der Waals surface area contributed by atoms with E-state index in [1.54, 1.807) is 11.0 Å². The molecule has 0 unspecified atom stereocenters. The number of para-hydroxylation sites is 1. The fraction of sp³-hybridized carbons (Fsp3) is 0.188. The van der Waals surface area contributed by atoms with E-state index in [1.807, 2.05) is 56.3 Å². The summed E-state index contributed by atoms with van der Waals surface area (Å²) in [7, 11) is 0. The van der Waals surface area contributed by atoms with Gasteiger partial charge in [-0.1, -0.05) is 24.3 Å². The van der Waals surface area contributed by atoms with Crippen LogP contribution in [0.25, 0.3) is 0 Å². The van der Waals surface area contributed by atoms with Crippen molar-refractivity contribution < 1.29 is 4.79 Å². The van der Waals surface area contributed by atoms with Gasteiger partial charge in [0.2, 0.25) is 0 Å². The predicted octanol–water partition coefficient (Wildman–Crippen LogP) is 2.95. The van der Waals surface area contributed by atoms with E-state index >= 15 is 0 Å². The molecule has 4 nitrogen and oxygen atoms in total. The number of carbonyl (C=O) groups excluding carboxylic acids is 1. The molecule has 0 heterocycles. The molecule has 2 aromatic rings. The summed E-state index contributed by atoms with van der Waals surface area (Å²) >= 11 is 0. The van der Waals surface area contributed by atoms with Gasteiger partial charge in [-0.2, -0.15) is 0 Å². The Balaban J connectivity index is 2.39. The van der Waals surface area contributed by atoms with Crippen LogP contribution in [0.3, 0.4) is 0 Å². The van der Waals surface area contributed by atoms with Crippen molar-refractivity contribution in [1.29, 1.82) is 0 Å². The van der Waals surface area contributed by atoms with Crippen LogP contribution in [-0.4, -0.2) is 12.5 Å². The third-order valence-corrected chi connectivity index (χ3v) is 3.19. The first-order valence-electron chi connectivity index (χ1n) is 6.61. The molecule has 2 rings (SSSR count). The Hall–Kier alpha value is -2.33. The summed E-state index contributed by atoms with van der Waals surface area (Å²) in [6.45, 7) is 4.51. The highest BCUT2D eigenvalue weighted by molar-refractivity contribution is 6.09. The number of nitrogens with two attached hydrogens (primary N) is 1. The molecule has 0 aliphatic rings. The number of benzene rings is 2. The molecule has 0 fully saturated rings. The number of nitrogen functional groups attached to an aromatic ring is 1. The van der Waals surface area contributed by atoms with Crippen LogP contribution in [0.15, 0.2) is 48.5 Å². The van der Waals surface area contributed by atoms with Crippen LogP contribution in [0, 0.1) is 6.92 Å². The van der Waals surface area contributed by atoms with E-state index in [2.05, 4.69) is 5.43 Å². The quantitative estimate of drug-likeness (QED) is 0.662. The topological polar surface area (TPSA) is 58.4 Å². The first-order valence-corrected chi connectivity index (χ1v) is 6.61. The van der Waals surface area contributed by atoms with Crippen molar-refractivity contribution in [1.82, 2.24) is 0 Å². The summed E-state index contributed by atoms with van der Waals surface area (Å²) in [5.74, 6) is 5.45. The average molecular weight is 269 g/mol. The number of hydrogen-bond acceptors (Lipinski definition) is 3. The van der Waals surface area contributed by atoms with E-state index < -0.39 is 0 Å². The van der Waals surface area contributed by atoms with Crippen molar-refractivity contribution in [3.63, 3.8) is 0 Å². The van der Waals surface area contributed by atoms with Gasteiger partial charge in [0.25, 0.3) is 5.91 Å². The monoisotopic (exact) mass is 269 g/mol. The van der Waals surface area contributed by atoms with Crippen LogP contribution in [0.5, 0.6) is 0 Å². The van der Waals surface area contributed by atoms with Gasteiger partial charge in [-0.3, -0.25) is 10.6 Å². The molecule has 104 valence electrons. The number of amides is 1. The van der Waals surface area contributed by atoms with Gasteiger partial charge in [0.1, 0.15) is 0 Å². The van der Waals surface area contributed by atoms with Crippen molar-refractivity contribution in [3.05, 3.63) is 59.7 Å². The third kappa shape index (κ3) is 2.81. The molecule has 3 N–H and O–H groups in total. The first-order chi connectivity index (χ1) is 9.67. The van der Waals surface area contributed by atoms with E-state index in [0.29, 0.717) is 17.8 Å². The van der Waals surface area contributed by atoms with Crippen LogP contribution in [-0.2, 0) is 0 Å². The molecule has 0 aromatic heterocycles. The minimum absolute atomic E-state index is 0.0633. The highest BCUT2D eigenvalue weighted by atomic mass is 16.2. The SMILES string of the molecule is CCN(C(=O)c1ccc(C)cc1NN)c1ccccc1. The van der Waals surface area contributed by atoms with Crippen LogP contribution in [0.4, 0.5) is 11.4 Å². The number of hydrogen-bond donors (Lipinski definition) is 2. The van der Waals surface area contributed by atoms with E-state index in [9.17, 15) is 4.79 Å². The van der Waals surface area contributed by atoms with E-state index in [-0.39, 0.29) is 5.91 Å². The molecule has 2 aromatic carbocycles. The zero-order valence-electron chi connectivity index (χ0n) is 11.8. The summed E-state index contributed by atoms with van der Waals surface area (Å²) < 4.78 is 0. The number of hydrazine groups is 1. The lowest BCUT2D eigenvalue weighted by molar-refractivity contribution is 0.0989. The normalized spacial score (nSPS) is 10.2. The van der Waals surface area contributed by atoms with Gasteiger partial charge in [-0.25, -0.2) is 0 Å². The number of anilines is 2. The highest BCUT2D eigenvalue weighted by Gasteiger charge is 2.18. The second kappa shape index (κ2) is 6.21. The fourth-order valence-corrected chi connectivity index (χ4v) is 2.16. The second-order valence-corrected chi connectivity index (χ2v) is 4.58. The number of carbonyl (C=O) groups is 1. The lowest BCUT2D eigenvalue weighted by atomic mass is 10.1. The van der Waals surface area contributed by atoms with Gasteiger partial charge >= 0.3 is 0 Å². The van der Waals surface area contributed by atoms with Crippen molar-refractivity contribution in [2.45, 2.75) is 13.8 Å². The minimum atomic E-state index is -0.0633. The average Bonchev–Trinajstić information content (AvgIpc) is 2.48. The molecular weight excluding hydrogens is 250 g/mol. The Kier molecular flexibility index (Phi) is 4.38. The molecule has 0 bridgehead atoms. The largest absolute Gasteiger partial charge is 0.323 e. The molecule has 1 amide bonds. The summed E-state index contributed by atoms with van der Waals surface area (Å²) in [6.07, 6.45) is 0. The Morgan fingerprint density at radius 2 is 1.90 bits per heavy atom. The number of aryl methyl sites for hydroxylation is 1. The summed E-state index contributed by atoms with van der Waals surface area (Å²) in [5.41, 5.74) is 5.75. The molecule has 20 heavy (non-hydrogen) atoms. The van der Waals surface area contributed by atoms with Gasteiger partial charge < -0.3 is 10.3 Å². The van der Waals surface area contributed by atoms with Gasteiger partial charge in [0, 0.05) is 12.2 Å². The molecule has 0 atom stereocenters. The molecule has 0 radical (unpaired) electrons. The zero-order chi connectivity index (χ0) is 14.5. The van der Waals surface area contributed by atoms with Gasteiger partial charge in [0.05, 0.1) is 11.3 Å². The zero-order valence-corrected chi connectivity index (χ0v) is 11.8. The van der Waals surface area contributed by atoms with Gasteiger partial charge in [0.15, 0.2) is 0 Å². The van der Waals surface area contributed by atoms with Crippen LogP contribution >= 0.6 is 0 Å². The smallest absolute Gasteiger partial charge is 0.260 e. The van der Waals surface area contributed by atoms with Crippen molar-refractivity contribution in [2.24, 2.45) is 5.84 Å². The molecular formula is C16H19N3O. The van der Waals surface area contributed by atoms with Crippen LogP contribution in [0.1, 0.15) is 22.8 Å². The van der Waals surface area contributed by atoms with Gasteiger partial charge in [-0.05, 0) is 43.7 Å². The summed E-state index contributed by atoms with van der Waals surface area (Å²) in [6, 6.07) is 15.2. The molecule has 0 spiro atoms. The molecule has 0 aliphatic carbocycles. The molecule has 4 heteroatoms. The molecule has 0 saturated carbocycles. The van der Waals surface area contributed by atoms with E-state index in [1.165, 1.54) is 0 Å². The number of nitrogens with one attached hydrogen (secondary N) is 1. The molecule has 0 aliphatic heterocycles. The maximum absolute atomic E-state index is 12.7. The Morgan fingerprint density at radius 1 is 1.20 bits per heavy atom. The lowest BCUT2D eigenvalue weighted by Crippen LogP contribution is -2.31. The maximum atomic E-state index is 12.7. The number of rotatable bonds is 4. The Bertz CT molecular complexity index is 596. The van der Waals surface area contributed by atoms with Crippen molar-refractivity contribution >= 4 is 17.3 Å². The Labute approximate surface area is 119 Å². The third-order valence-electron chi connectivity index (χ3n) is 3.19. The fourth-order valence-electron chi connectivity index (χ4n) is 2.16. The second-order valence-electron chi connectivity index (χ2n) is 4.58. The predicted molar refractivity (Wildman–Crippen MR) is 82.8 cm³/mol. The van der Waals surface area contributed by atoms with Crippen LogP contribution < -0.4 is 16.2 Å². The van der Waals surface area contributed by atoms with E-state index in [0.717, 1.165) is 11.3 Å². The lowest BCUT2D eigenvalue weighted by Gasteiger charge is -2.22. The number of nitrogens with zero attached hydrogens (tertiary/aromatic N) is 1. The minimum Gasteiger partial charge on any atom is -0.323 e. The summed E-state index contributed by atoms with van der Waals surface area (Å²) in [5, 5.41) is 0. The van der Waals surface area contributed by atoms with E-state index in [4.69, 9.17) is 5.84 Å².